The van der Waals surface area contributed by atoms with Crippen molar-refractivity contribution in [1.29, 1.82) is 0 Å². The van der Waals surface area contributed by atoms with Crippen molar-refractivity contribution in [1.82, 2.24) is 9.55 Å². The average Bonchev–Trinajstić information content (AvgIpc) is 2.35. The van der Waals surface area contributed by atoms with E-state index in [9.17, 15) is 9.18 Å². The maximum atomic E-state index is 13.1. The Balaban J connectivity index is 3.00. The number of anilines is 1. The van der Waals surface area contributed by atoms with Gasteiger partial charge in [0.1, 0.15) is 12.0 Å². The lowest BCUT2D eigenvalue weighted by Crippen LogP contribution is -2.50. The van der Waals surface area contributed by atoms with E-state index in [4.69, 9.17) is 32.3 Å². The quantitative estimate of drug-likeness (QED) is 0.617. The zero-order valence-electron chi connectivity index (χ0n) is 10.2. The molecule has 9 heteroatoms. The molecule has 3 atom stereocenters. The number of halogens is 2. The molecule has 7 nitrogen and oxygen atoms in total. The van der Waals surface area contributed by atoms with E-state index < -0.39 is 36.4 Å². The number of nitrogens with zero attached hydrogens (tertiary/aromatic N) is 2. The monoisotopic (exact) mass is 295 g/mol. The highest BCUT2D eigenvalue weighted by Crippen LogP contribution is 2.24. The molecular weight excluding hydrogens is 281 g/mol. The SMILES string of the molecule is C[C@@H](OC(CO)(CCl)[C@@H](O)F)n1ccc(N)nc1=O. The molecule has 0 amide bonds. The van der Waals surface area contributed by atoms with Crippen LogP contribution in [0.5, 0.6) is 0 Å². The Labute approximate surface area is 113 Å². The highest BCUT2D eigenvalue weighted by atomic mass is 35.5. The van der Waals surface area contributed by atoms with E-state index in [0.29, 0.717) is 0 Å². The molecule has 1 rings (SSSR count). The zero-order valence-corrected chi connectivity index (χ0v) is 10.9. The lowest BCUT2D eigenvalue weighted by molar-refractivity contribution is -0.215. The van der Waals surface area contributed by atoms with Gasteiger partial charge in [0.2, 0.25) is 6.36 Å². The number of hydrogen-bond acceptors (Lipinski definition) is 6. The first-order valence-corrected chi connectivity index (χ1v) is 5.91. The predicted molar refractivity (Wildman–Crippen MR) is 66.4 cm³/mol. The summed E-state index contributed by atoms with van der Waals surface area (Å²) in [5.74, 6) is -0.465. The number of aliphatic hydroxyl groups excluding tert-OH is 2. The Hall–Kier alpha value is -1.22. The summed E-state index contributed by atoms with van der Waals surface area (Å²) in [4.78, 5) is 15.0. The van der Waals surface area contributed by atoms with Crippen molar-refractivity contribution in [3.63, 3.8) is 0 Å². The lowest BCUT2D eigenvalue weighted by Gasteiger charge is -2.33. The zero-order chi connectivity index (χ0) is 14.6. The van der Waals surface area contributed by atoms with E-state index in [2.05, 4.69) is 4.98 Å². The fourth-order valence-corrected chi connectivity index (χ4v) is 1.68. The minimum Gasteiger partial charge on any atom is -0.393 e. The molecule has 4 N–H and O–H groups in total. The maximum absolute atomic E-state index is 13.1. The highest BCUT2D eigenvalue weighted by Gasteiger charge is 2.40. The van der Waals surface area contributed by atoms with Crippen LogP contribution in [0.2, 0.25) is 0 Å². The molecule has 0 aromatic carbocycles. The third-order valence-electron chi connectivity index (χ3n) is 2.58. The van der Waals surface area contributed by atoms with E-state index in [1.165, 1.54) is 19.2 Å². The van der Waals surface area contributed by atoms with Gasteiger partial charge in [-0.25, -0.2) is 9.18 Å². The molecule has 0 fully saturated rings. The van der Waals surface area contributed by atoms with Crippen LogP contribution in [0.1, 0.15) is 13.2 Å². The number of alkyl halides is 2. The van der Waals surface area contributed by atoms with Crippen LogP contribution in [0.4, 0.5) is 10.2 Å². The summed E-state index contributed by atoms with van der Waals surface area (Å²) in [5.41, 5.74) is 2.61. The van der Waals surface area contributed by atoms with Gasteiger partial charge >= 0.3 is 5.69 Å². The minimum atomic E-state index is -2.50. The Kier molecular flexibility index (Phi) is 5.24. The molecule has 0 aliphatic rings. The summed E-state index contributed by atoms with van der Waals surface area (Å²) >= 11 is 5.51. The van der Waals surface area contributed by atoms with Crippen LogP contribution < -0.4 is 11.4 Å². The van der Waals surface area contributed by atoms with E-state index >= 15 is 0 Å². The maximum Gasteiger partial charge on any atom is 0.351 e. The van der Waals surface area contributed by atoms with Gasteiger partial charge in [-0.3, -0.25) is 4.57 Å². The molecule has 0 spiro atoms. The van der Waals surface area contributed by atoms with Crippen molar-refractivity contribution >= 4 is 17.4 Å². The van der Waals surface area contributed by atoms with Gasteiger partial charge in [0.25, 0.3) is 0 Å². The molecule has 19 heavy (non-hydrogen) atoms. The predicted octanol–water partition coefficient (Wildman–Crippen LogP) is -0.382. The number of hydrogen-bond donors (Lipinski definition) is 3. The fourth-order valence-electron chi connectivity index (χ4n) is 1.41. The smallest absolute Gasteiger partial charge is 0.351 e. The van der Waals surface area contributed by atoms with Crippen LogP contribution in [0.25, 0.3) is 0 Å². The Morgan fingerprint density at radius 1 is 1.74 bits per heavy atom. The van der Waals surface area contributed by atoms with Crippen LogP contribution in [0.15, 0.2) is 17.1 Å². The number of nitrogen functional groups attached to an aromatic ring is 1. The number of nitrogens with two attached hydrogens (primary N) is 1. The summed E-state index contributed by atoms with van der Waals surface area (Å²) in [6, 6.07) is 1.36. The van der Waals surface area contributed by atoms with Gasteiger partial charge in [-0.1, -0.05) is 0 Å². The fraction of sp³-hybridized carbons (Fsp3) is 0.600. The van der Waals surface area contributed by atoms with E-state index in [-0.39, 0.29) is 5.82 Å². The van der Waals surface area contributed by atoms with Crippen LogP contribution in [0, 0.1) is 0 Å². The molecular formula is C10H15ClFN3O4. The van der Waals surface area contributed by atoms with Crippen molar-refractivity contribution in [2.24, 2.45) is 0 Å². The van der Waals surface area contributed by atoms with Gasteiger partial charge in [-0.15, -0.1) is 11.6 Å². The van der Waals surface area contributed by atoms with E-state index in [1.807, 2.05) is 0 Å². The van der Waals surface area contributed by atoms with Crippen molar-refractivity contribution in [3.8, 4) is 0 Å². The first-order chi connectivity index (χ1) is 8.86. The van der Waals surface area contributed by atoms with Crippen LogP contribution >= 0.6 is 11.6 Å². The topological polar surface area (TPSA) is 111 Å². The van der Waals surface area contributed by atoms with Crippen LogP contribution in [-0.2, 0) is 4.74 Å². The number of aliphatic hydroxyl groups is 2. The van der Waals surface area contributed by atoms with Gasteiger partial charge in [-0.05, 0) is 13.0 Å². The molecule has 1 unspecified atom stereocenters. The van der Waals surface area contributed by atoms with Crippen molar-refractivity contribution in [3.05, 3.63) is 22.7 Å². The number of ether oxygens (including phenoxy) is 1. The Bertz CT molecular complexity index is 478. The second-order valence-corrected chi connectivity index (χ2v) is 4.22. The van der Waals surface area contributed by atoms with Crippen molar-refractivity contribution < 1.29 is 19.3 Å². The molecule has 0 saturated carbocycles. The summed E-state index contributed by atoms with van der Waals surface area (Å²) < 4.78 is 19.3. The molecule has 0 radical (unpaired) electrons. The van der Waals surface area contributed by atoms with Crippen LogP contribution in [-0.4, -0.2) is 44.2 Å². The van der Waals surface area contributed by atoms with Gasteiger partial charge in [0.15, 0.2) is 5.60 Å². The Morgan fingerprint density at radius 2 is 2.37 bits per heavy atom. The lowest BCUT2D eigenvalue weighted by atomic mass is 10.1. The summed E-state index contributed by atoms with van der Waals surface area (Å²) in [5, 5.41) is 18.1. The average molecular weight is 296 g/mol. The third-order valence-corrected chi connectivity index (χ3v) is 3.03. The largest absolute Gasteiger partial charge is 0.393 e. The minimum absolute atomic E-state index is 0.0322. The van der Waals surface area contributed by atoms with Crippen LogP contribution in [0.3, 0.4) is 0 Å². The molecule has 0 aliphatic carbocycles. The summed E-state index contributed by atoms with van der Waals surface area (Å²) in [7, 11) is 0. The number of rotatable bonds is 6. The van der Waals surface area contributed by atoms with Gasteiger partial charge in [-0.2, -0.15) is 4.98 Å². The summed E-state index contributed by atoms with van der Waals surface area (Å²) in [6.07, 6.45) is -2.21. The van der Waals surface area contributed by atoms with Gasteiger partial charge in [0, 0.05) is 6.20 Å². The first kappa shape index (κ1) is 15.8. The van der Waals surface area contributed by atoms with Crippen molar-refractivity contribution in [2.45, 2.75) is 25.1 Å². The molecule has 0 aliphatic heterocycles. The molecule has 108 valence electrons. The highest BCUT2D eigenvalue weighted by molar-refractivity contribution is 6.18. The third kappa shape index (κ3) is 3.41. The molecule has 1 aromatic rings. The molecule has 0 bridgehead atoms. The second kappa shape index (κ2) is 6.29. The normalized spacial score (nSPS) is 17.7. The van der Waals surface area contributed by atoms with E-state index in [0.717, 1.165) is 4.57 Å². The van der Waals surface area contributed by atoms with Gasteiger partial charge in [0.05, 0.1) is 12.5 Å². The molecule has 1 aromatic heterocycles. The summed E-state index contributed by atoms with van der Waals surface area (Å²) in [6.45, 7) is 0.564. The molecule has 1 heterocycles. The van der Waals surface area contributed by atoms with E-state index in [1.54, 1.807) is 0 Å². The Morgan fingerprint density at radius 3 is 2.79 bits per heavy atom. The molecule has 0 saturated heterocycles. The standard InChI is InChI=1S/C10H15ClFN3O4/c1-6(15-3-2-7(13)14-9(15)18)19-10(4-11,5-16)8(12)17/h2-3,6,8,16-17H,4-5H2,1H3,(H2,13,14,18)/t6-,8-,10?/m1/s1. The second-order valence-electron chi connectivity index (χ2n) is 3.95. The van der Waals surface area contributed by atoms with Crippen molar-refractivity contribution in [2.75, 3.05) is 18.2 Å². The van der Waals surface area contributed by atoms with Gasteiger partial charge < -0.3 is 20.7 Å². The number of aromatic nitrogens is 2. The first-order valence-electron chi connectivity index (χ1n) is 5.37.